The van der Waals surface area contributed by atoms with Gasteiger partial charge in [0.05, 0.1) is 10.0 Å². The summed E-state index contributed by atoms with van der Waals surface area (Å²) in [4.78, 5) is 6.59. The van der Waals surface area contributed by atoms with Crippen molar-refractivity contribution in [2.24, 2.45) is 5.73 Å². The lowest BCUT2D eigenvalue weighted by Crippen LogP contribution is -2.04. The molecule has 1 heterocycles. The molecule has 0 aliphatic rings. The molecule has 100 valence electrons. The van der Waals surface area contributed by atoms with Crippen molar-refractivity contribution in [3.63, 3.8) is 0 Å². The summed E-state index contributed by atoms with van der Waals surface area (Å²) in [5.41, 5.74) is 8.84. The second kappa shape index (κ2) is 6.14. The molecular formula is C14H14Cl2N2S. The summed E-state index contributed by atoms with van der Waals surface area (Å²) in [6, 6.07) is 7.65. The minimum Gasteiger partial charge on any atom is -0.326 e. The van der Waals surface area contributed by atoms with Crippen molar-refractivity contribution in [3.05, 3.63) is 51.3 Å². The lowest BCUT2D eigenvalue weighted by Gasteiger charge is -2.11. The Balaban J connectivity index is 2.39. The van der Waals surface area contributed by atoms with Gasteiger partial charge in [0.15, 0.2) is 0 Å². The Kier molecular flexibility index (Phi) is 4.74. The zero-order valence-electron chi connectivity index (χ0n) is 10.7. The van der Waals surface area contributed by atoms with Crippen LogP contribution in [-0.2, 0) is 6.54 Å². The Morgan fingerprint density at radius 3 is 2.53 bits per heavy atom. The van der Waals surface area contributed by atoms with Crippen LogP contribution < -0.4 is 5.73 Å². The number of hydrogen-bond donors (Lipinski definition) is 1. The minimum absolute atomic E-state index is 0.475. The number of rotatable bonds is 3. The Morgan fingerprint density at radius 2 is 1.89 bits per heavy atom. The van der Waals surface area contributed by atoms with Gasteiger partial charge in [-0.15, -0.1) is 0 Å². The van der Waals surface area contributed by atoms with Crippen molar-refractivity contribution in [2.75, 3.05) is 0 Å². The van der Waals surface area contributed by atoms with Gasteiger partial charge < -0.3 is 5.73 Å². The Hall–Kier alpha value is -0.740. The fourth-order valence-corrected chi connectivity index (χ4v) is 3.34. The topological polar surface area (TPSA) is 38.9 Å². The van der Waals surface area contributed by atoms with E-state index >= 15 is 0 Å². The van der Waals surface area contributed by atoms with Gasteiger partial charge in [0.1, 0.15) is 0 Å². The summed E-state index contributed by atoms with van der Waals surface area (Å²) < 4.78 is 0. The third kappa shape index (κ3) is 3.42. The monoisotopic (exact) mass is 312 g/mol. The van der Waals surface area contributed by atoms with Crippen LogP contribution in [0.1, 0.15) is 17.0 Å². The van der Waals surface area contributed by atoms with Gasteiger partial charge in [-0.2, -0.15) is 0 Å². The molecule has 0 radical (unpaired) electrons. The highest BCUT2D eigenvalue weighted by molar-refractivity contribution is 7.99. The van der Waals surface area contributed by atoms with E-state index in [2.05, 4.69) is 4.98 Å². The summed E-state index contributed by atoms with van der Waals surface area (Å²) in [6.07, 6.45) is 0. The molecule has 19 heavy (non-hydrogen) atoms. The van der Waals surface area contributed by atoms with E-state index in [1.165, 1.54) is 0 Å². The number of nitrogens with zero attached hydrogens (tertiary/aromatic N) is 1. The first-order chi connectivity index (χ1) is 9.01. The van der Waals surface area contributed by atoms with Crippen molar-refractivity contribution in [1.82, 2.24) is 4.98 Å². The molecule has 5 heteroatoms. The highest BCUT2D eigenvalue weighted by Gasteiger charge is 2.09. The summed E-state index contributed by atoms with van der Waals surface area (Å²) in [5, 5.41) is 1.12. The van der Waals surface area contributed by atoms with Gasteiger partial charge in [0.25, 0.3) is 0 Å². The zero-order chi connectivity index (χ0) is 14.0. The van der Waals surface area contributed by atoms with E-state index in [1.807, 2.05) is 32.0 Å². The van der Waals surface area contributed by atoms with Crippen LogP contribution in [0.25, 0.3) is 0 Å². The molecule has 0 saturated carbocycles. The van der Waals surface area contributed by atoms with Crippen LogP contribution in [0, 0.1) is 13.8 Å². The fourth-order valence-electron chi connectivity index (χ4n) is 1.83. The fraction of sp³-hybridized carbons (Fsp3) is 0.214. The van der Waals surface area contributed by atoms with Crippen LogP contribution in [0.5, 0.6) is 0 Å². The van der Waals surface area contributed by atoms with Crippen LogP contribution in [0.4, 0.5) is 0 Å². The van der Waals surface area contributed by atoms with Gasteiger partial charge in [-0.25, -0.2) is 0 Å². The van der Waals surface area contributed by atoms with E-state index in [1.54, 1.807) is 17.8 Å². The largest absolute Gasteiger partial charge is 0.326 e. The number of aromatic nitrogens is 1. The molecule has 0 bridgehead atoms. The van der Waals surface area contributed by atoms with Gasteiger partial charge in [-0.05, 0) is 38.1 Å². The van der Waals surface area contributed by atoms with Crippen LogP contribution in [0.3, 0.4) is 0 Å². The average molecular weight is 313 g/mol. The molecule has 0 aliphatic carbocycles. The van der Waals surface area contributed by atoms with Gasteiger partial charge in [0, 0.05) is 33.3 Å². The molecule has 0 unspecified atom stereocenters. The Labute approximate surface area is 127 Å². The normalized spacial score (nSPS) is 10.8. The highest BCUT2D eigenvalue weighted by atomic mass is 35.5. The van der Waals surface area contributed by atoms with Gasteiger partial charge >= 0.3 is 0 Å². The number of hydrogen-bond acceptors (Lipinski definition) is 3. The molecule has 0 atom stereocenters. The van der Waals surface area contributed by atoms with E-state index in [9.17, 15) is 0 Å². The summed E-state index contributed by atoms with van der Waals surface area (Å²) in [7, 11) is 0. The molecule has 2 aromatic rings. The first kappa shape index (κ1) is 14.7. The summed E-state index contributed by atoms with van der Waals surface area (Å²) in [6.45, 7) is 4.43. The second-order valence-corrected chi connectivity index (χ2v) is 6.14. The number of benzene rings is 1. The van der Waals surface area contributed by atoms with Crippen molar-refractivity contribution in [3.8, 4) is 0 Å². The predicted octanol–water partition coefficient (Wildman–Crippen LogP) is 4.62. The smallest absolute Gasteiger partial charge is 0.0603 e. The predicted molar refractivity (Wildman–Crippen MR) is 82.2 cm³/mol. The first-order valence-corrected chi connectivity index (χ1v) is 7.38. The summed E-state index contributed by atoms with van der Waals surface area (Å²) in [5.74, 6) is 0. The summed E-state index contributed by atoms with van der Waals surface area (Å²) >= 11 is 13.6. The van der Waals surface area contributed by atoms with Gasteiger partial charge in [-0.1, -0.05) is 35.0 Å². The molecule has 1 aromatic heterocycles. The Morgan fingerprint density at radius 1 is 1.16 bits per heavy atom. The first-order valence-electron chi connectivity index (χ1n) is 5.81. The number of pyridine rings is 1. The Bertz CT molecular complexity index is 615. The zero-order valence-corrected chi connectivity index (χ0v) is 13.0. The maximum absolute atomic E-state index is 6.03. The average Bonchev–Trinajstić information content (AvgIpc) is 2.33. The van der Waals surface area contributed by atoms with Crippen LogP contribution in [0.2, 0.25) is 10.0 Å². The van der Waals surface area contributed by atoms with Gasteiger partial charge in [-0.3, -0.25) is 4.98 Å². The second-order valence-electron chi connectivity index (χ2n) is 4.21. The third-order valence-corrected chi connectivity index (χ3v) is 4.55. The van der Waals surface area contributed by atoms with Crippen LogP contribution in [0.15, 0.2) is 34.1 Å². The van der Waals surface area contributed by atoms with Crippen LogP contribution in [-0.4, -0.2) is 4.98 Å². The molecule has 0 fully saturated rings. The molecular weight excluding hydrogens is 299 g/mol. The molecule has 2 nitrogen and oxygen atoms in total. The van der Waals surface area contributed by atoms with E-state index < -0.39 is 0 Å². The number of halogens is 2. The van der Waals surface area contributed by atoms with E-state index in [-0.39, 0.29) is 0 Å². The van der Waals surface area contributed by atoms with E-state index in [4.69, 9.17) is 28.9 Å². The molecule has 2 rings (SSSR count). The van der Waals surface area contributed by atoms with E-state index in [0.29, 0.717) is 16.6 Å². The lowest BCUT2D eigenvalue weighted by molar-refractivity contribution is 0.945. The van der Waals surface area contributed by atoms with Crippen LogP contribution >= 0.6 is 35.0 Å². The quantitative estimate of drug-likeness (QED) is 0.899. The standard InChI is InChI=1S/C14H14Cl2N2S/c1-8-5-14(11(7-17)9(2)18-8)19-10-3-4-12(15)13(16)6-10/h3-6H,7,17H2,1-2H3. The molecule has 0 saturated heterocycles. The molecule has 0 amide bonds. The molecule has 2 N–H and O–H groups in total. The maximum atomic E-state index is 6.03. The minimum atomic E-state index is 0.475. The SMILES string of the molecule is Cc1cc(Sc2ccc(Cl)c(Cl)c2)c(CN)c(C)n1. The van der Waals surface area contributed by atoms with E-state index in [0.717, 1.165) is 26.7 Å². The lowest BCUT2D eigenvalue weighted by atomic mass is 10.2. The molecule has 1 aromatic carbocycles. The highest BCUT2D eigenvalue weighted by Crippen LogP contribution is 2.35. The molecule has 0 aliphatic heterocycles. The van der Waals surface area contributed by atoms with Crippen molar-refractivity contribution in [1.29, 1.82) is 0 Å². The van der Waals surface area contributed by atoms with Crippen molar-refractivity contribution >= 4 is 35.0 Å². The third-order valence-electron chi connectivity index (χ3n) is 2.74. The van der Waals surface area contributed by atoms with Crippen molar-refractivity contribution < 1.29 is 0 Å². The number of aryl methyl sites for hydroxylation is 2. The van der Waals surface area contributed by atoms with Crippen molar-refractivity contribution in [2.45, 2.75) is 30.2 Å². The van der Waals surface area contributed by atoms with Gasteiger partial charge in [0.2, 0.25) is 0 Å². The molecule has 0 spiro atoms. The number of nitrogens with two attached hydrogens (primary N) is 1. The maximum Gasteiger partial charge on any atom is 0.0603 e.